The molecule has 1 rings (SSSR count). The van der Waals surface area contributed by atoms with E-state index in [1.165, 1.54) is 6.92 Å². The van der Waals surface area contributed by atoms with Crippen LogP contribution in [-0.4, -0.2) is 16.2 Å². The summed E-state index contributed by atoms with van der Waals surface area (Å²) < 4.78 is 0. The van der Waals surface area contributed by atoms with E-state index in [0.29, 0.717) is 5.02 Å². The molecule has 0 amide bonds. The maximum atomic E-state index is 11.1. The standard InChI is InChI=1S/C11H11Cl2NO2/c1-7(15)6-10(11(13)14-16)8-2-4-9(12)5-3-8/h2-5,10,16H,6H2,1H3/b14-11-. The Labute approximate surface area is 104 Å². The molecule has 0 spiro atoms. The van der Waals surface area contributed by atoms with Crippen LogP contribution in [0.5, 0.6) is 0 Å². The van der Waals surface area contributed by atoms with Crippen molar-refractivity contribution < 1.29 is 10.0 Å². The van der Waals surface area contributed by atoms with Crippen LogP contribution in [0.3, 0.4) is 0 Å². The summed E-state index contributed by atoms with van der Waals surface area (Å²) in [5, 5.41) is 12.2. The number of oxime groups is 1. The average Bonchev–Trinajstić information content (AvgIpc) is 2.26. The molecule has 16 heavy (non-hydrogen) atoms. The molecule has 0 saturated heterocycles. The Morgan fingerprint density at radius 2 is 2.00 bits per heavy atom. The minimum Gasteiger partial charge on any atom is -0.410 e. The molecule has 1 N–H and O–H groups in total. The molecule has 5 heteroatoms. The zero-order valence-corrected chi connectivity index (χ0v) is 10.2. The van der Waals surface area contributed by atoms with E-state index in [4.69, 9.17) is 28.4 Å². The minimum atomic E-state index is -0.415. The minimum absolute atomic E-state index is 0.00229. The Bertz CT molecular complexity index is 401. The van der Waals surface area contributed by atoms with Crippen LogP contribution in [0.15, 0.2) is 29.4 Å². The van der Waals surface area contributed by atoms with Crippen molar-refractivity contribution in [2.24, 2.45) is 5.16 Å². The van der Waals surface area contributed by atoms with Crippen molar-refractivity contribution in [3.63, 3.8) is 0 Å². The molecule has 86 valence electrons. The predicted molar refractivity (Wildman–Crippen MR) is 64.6 cm³/mol. The van der Waals surface area contributed by atoms with Gasteiger partial charge >= 0.3 is 0 Å². The van der Waals surface area contributed by atoms with Crippen LogP contribution >= 0.6 is 23.2 Å². The Morgan fingerprint density at radius 3 is 2.44 bits per heavy atom. The number of ketones is 1. The first-order valence-electron chi connectivity index (χ1n) is 4.67. The van der Waals surface area contributed by atoms with E-state index >= 15 is 0 Å². The lowest BCUT2D eigenvalue weighted by atomic mass is 9.95. The molecule has 0 saturated carbocycles. The van der Waals surface area contributed by atoms with Gasteiger partial charge in [0.1, 0.15) is 5.78 Å². The van der Waals surface area contributed by atoms with Gasteiger partial charge in [0, 0.05) is 17.4 Å². The van der Waals surface area contributed by atoms with Gasteiger partial charge in [-0.05, 0) is 24.6 Å². The van der Waals surface area contributed by atoms with Crippen LogP contribution in [0, 0.1) is 0 Å². The van der Waals surface area contributed by atoms with Gasteiger partial charge in [0.2, 0.25) is 0 Å². The number of rotatable bonds is 4. The maximum Gasteiger partial charge on any atom is 0.153 e. The van der Waals surface area contributed by atoms with E-state index in [0.717, 1.165) is 5.56 Å². The second kappa shape index (κ2) is 5.87. The fourth-order valence-electron chi connectivity index (χ4n) is 1.39. The zero-order chi connectivity index (χ0) is 12.1. The molecular weight excluding hydrogens is 249 g/mol. The van der Waals surface area contributed by atoms with Crippen LogP contribution in [0.2, 0.25) is 5.02 Å². The summed E-state index contributed by atoms with van der Waals surface area (Å²) >= 11 is 11.5. The third kappa shape index (κ3) is 3.51. The zero-order valence-electron chi connectivity index (χ0n) is 8.65. The Hall–Kier alpha value is -1.06. The van der Waals surface area contributed by atoms with E-state index in [2.05, 4.69) is 5.16 Å². The first-order valence-corrected chi connectivity index (χ1v) is 5.42. The van der Waals surface area contributed by atoms with Crippen molar-refractivity contribution >= 4 is 34.2 Å². The van der Waals surface area contributed by atoms with Crippen LogP contribution in [0.25, 0.3) is 0 Å². The van der Waals surface area contributed by atoms with Crippen LogP contribution in [0.1, 0.15) is 24.8 Å². The van der Waals surface area contributed by atoms with Gasteiger partial charge in [-0.25, -0.2) is 0 Å². The van der Waals surface area contributed by atoms with Gasteiger partial charge in [0.15, 0.2) is 5.17 Å². The van der Waals surface area contributed by atoms with Crippen LogP contribution in [-0.2, 0) is 4.79 Å². The van der Waals surface area contributed by atoms with E-state index in [1.54, 1.807) is 24.3 Å². The molecule has 1 atom stereocenters. The van der Waals surface area contributed by atoms with Crippen molar-refractivity contribution in [3.8, 4) is 0 Å². The van der Waals surface area contributed by atoms with Gasteiger partial charge in [0.05, 0.1) is 0 Å². The highest BCUT2D eigenvalue weighted by Gasteiger charge is 2.19. The summed E-state index contributed by atoms with van der Waals surface area (Å²) in [6.07, 6.45) is 0.199. The molecule has 0 aliphatic carbocycles. The predicted octanol–water partition coefficient (Wildman–Crippen LogP) is 3.43. The molecule has 0 aliphatic rings. The molecular formula is C11H11Cl2NO2. The summed E-state index contributed by atoms with van der Waals surface area (Å²) in [6, 6.07) is 6.91. The summed E-state index contributed by atoms with van der Waals surface area (Å²) in [5.41, 5.74) is 0.794. The van der Waals surface area contributed by atoms with Gasteiger partial charge in [-0.2, -0.15) is 0 Å². The van der Waals surface area contributed by atoms with E-state index in [-0.39, 0.29) is 17.4 Å². The molecule has 0 heterocycles. The topological polar surface area (TPSA) is 49.7 Å². The molecule has 0 fully saturated rings. The fraction of sp³-hybridized carbons (Fsp3) is 0.273. The van der Waals surface area contributed by atoms with Gasteiger partial charge < -0.3 is 5.21 Å². The van der Waals surface area contributed by atoms with E-state index in [1.807, 2.05) is 0 Å². The third-order valence-electron chi connectivity index (χ3n) is 2.15. The molecule has 1 aromatic rings. The maximum absolute atomic E-state index is 11.1. The molecule has 0 aliphatic heterocycles. The Kier molecular flexibility index (Phi) is 4.77. The lowest BCUT2D eigenvalue weighted by Gasteiger charge is -2.13. The first kappa shape index (κ1) is 13.0. The van der Waals surface area contributed by atoms with Crippen molar-refractivity contribution in [1.82, 2.24) is 0 Å². The van der Waals surface area contributed by atoms with Crippen LogP contribution < -0.4 is 0 Å². The van der Waals surface area contributed by atoms with Gasteiger partial charge in [-0.1, -0.05) is 40.5 Å². The first-order chi connectivity index (χ1) is 7.54. The molecule has 3 nitrogen and oxygen atoms in total. The molecule has 1 aromatic carbocycles. The second-order valence-corrected chi connectivity index (χ2v) is 4.26. The SMILES string of the molecule is CC(=O)CC(/C(Cl)=N/O)c1ccc(Cl)cc1. The molecule has 1 unspecified atom stereocenters. The van der Waals surface area contributed by atoms with E-state index in [9.17, 15) is 4.79 Å². The average molecular weight is 260 g/mol. The van der Waals surface area contributed by atoms with Gasteiger partial charge in [-0.15, -0.1) is 0 Å². The fourth-order valence-corrected chi connectivity index (χ4v) is 1.72. The van der Waals surface area contributed by atoms with Crippen LogP contribution in [0.4, 0.5) is 0 Å². The summed E-state index contributed by atoms with van der Waals surface area (Å²) in [4.78, 5) is 11.1. The van der Waals surface area contributed by atoms with Crippen molar-refractivity contribution in [2.45, 2.75) is 19.3 Å². The molecule has 0 bridgehead atoms. The molecule has 0 aromatic heterocycles. The van der Waals surface area contributed by atoms with Crippen molar-refractivity contribution in [1.29, 1.82) is 0 Å². The number of benzene rings is 1. The lowest BCUT2D eigenvalue weighted by molar-refractivity contribution is -0.117. The Morgan fingerprint density at radius 1 is 1.44 bits per heavy atom. The van der Waals surface area contributed by atoms with E-state index < -0.39 is 5.92 Å². The number of Topliss-reactive ketones (excluding diaryl/α,β-unsaturated/α-hetero) is 1. The van der Waals surface area contributed by atoms with Gasteiger partial charge in [-0.3, -0.25) is 4.79 Å². The highest BCUT2D eigenvalue weighted by molar-refractivity contribution is 6.66. The number of carbonyl (C=O) groups excluding carboxylic acids is 1. The van der Waals surface area contributed by atoms with Crippen molar-refractivity contribution in [2.75, 3.05) is 0 Å². The smallest absolute Gasteiger partial charge is 0.153 e. The van der Waals surface area contributed by atoms with Crippen molar-refractivity contribution in [3.05, 3.63) is 34.9 Å². The van der Waals surface area contributed by atoms with Gasteiger partial charge in [0.25, 0.3) is 0 Å². The number of halogens is 2. The molecule has 0 radical (unpaired) electrons. The number of hydrogen-bond acceptors (Lipinski definition) is 3. The third-order valence-corrected chi connectivity index (χ3v) is 2.74. The second-order valence-electron chi connectivity index (χ2n) is 3.43. The quantitative estimate of drug-likeness (QED) is 0.512. The highest BCUT2D eigenvalue weighted by Crippen LogP contribution is 2.25. The number of hydrogen-bond donors (Lipinski definition) is 1. The number of nitrogens with zero attached hydrogens (tertiary/aromatic N) is 1. The normalized spacial score (nSPS) is 13.6. The summed E-state index contributed by atoms with van der Waals surface area (Å²) in [6.45, 7) is 1.46. The lowest BCUT2D eigenvalue weighted by Crippen LogP contribution is -2.11. The summed E-state index contributed by atoms with van der Waals surface area (Å²) in [5.74, 6) is -0.441. The highest BCUT2D eigenvalue weighted by atomic mass is 35.5. The summed E-state index contributed by atoms with van der Waals surface area (Å²) in [7, 11) is 0. The number of carbonyl (C=O) groups is 1. The monoisotopic (exact) mass is 259 g/mol. The Balaban J connectivity index is 3.01. The largest absolute Gasteiger partial charge is 0.410 e.